The Bertz CT molecular complexity index is 601. The summed E-state index contributed by atoms with van der Waals surface area (Å²) in [5.41, 5.74) is 1.22. The van der Waals surface area contributed by atoms with Crippen molar-refractivity contribution in [2.24, 2.45) is 5.92 Å². The Kier molecular flexibility index (Phi) is 5.03. The Labute approximate surface area is 138 Å². The lowest BCUT2D eigenvalue weighted by Gasteiger charge is -2.39. The molecule has 0 bridgehead atoms. The maximum Gasteiger partial charge on any atom is 0.169 e. The molecule has 6 nitrogen and oxygen atoms in total. The van der Waals surface area contributed by atoms with Crippen molar-refractivity contribution in [3.8, 4) is 0 Å². The van der Waals surface area contributed by atoms with E-state index in [4.69, 9.17) is 0 Å². The highest BCUT2D eigenvalue weighted by molar-refractivity contribution is 5.15. The van der Waals surface area contributed by atoms with Gasteiger partial charge in [-0.3, -0.25) is 4.90 Å². The summed E-state index contributed by atoms with van der Waals surface area (Å²) in [7, 11) is 2.18. The van der Waals surface area contributed by atoms with Crippen molar-refractivity contribution in [1.82, 2.24) is 30.0 Å². The summed E-state index contributed by atoms with van der Waals surface area (Å²) in [5, 5.41) is 12.6. The zero-order chi connectivity index (χ0) is 16.2. The number of hydrogen-bond acceptors (Lipinski definition) is 5. The average Bonchev–Trinajstić information content (AvgIpc) is 2.98. The van der Waals surface area contributed by atoms with Gasteiger partial charge < -0.3 is 4.90 Å². The van der Waals surface area contributed by atoms with E-state index >= 15 is 0 Å². The van der Waals surface area contributed by atoms with Crippen LogP contribution in [-0.4, -0.2) is 63.2 Å². The van der Waals surface area contributed by atoms with Crippen molar-refractivity contribution in [3.05, 3.63) is 41.7 Å². The van der Waals surface area contributed by atoms with Crippen LogP contribution < -0.4 is 0 Å². The summed E-state index contributed by atoms with van der Waals surface area (Å²) in [6.45, 7) is 9.57. The molecule has 1 fully saturated rings. The Hall–Kier alpha value is -1.79. The third kappa shape index (κ3) is 3.76. The summed E-state index contributed by atoms with van der Waals surface area (Å²) in [4.78, 5) is 4.90. The van der Waals surface area contributed by atoms with Gasteiger partial charge in [-0.15, -0.1) is 5.10 Å². The number of piperazine rings is 1. The first kappa shape index (κ1) is 16.1. The van der Waals surface area contributed by atoms with Crippen molar-refractivity contribution in [2.45, 2.75) is 26.4 Å². The van der Waals surface area contributed by atoms with E-state index in [-0.39, 0.29) is 6.04 Å². The fourth-order valence-corrected chi connectivity index (χ4v) is 3.28. The maximum atomic E-state index is 4.37. The smallest absolute Gasteiger partial charge is 0.169 e. The van der Waals surface area contributed by atoms with Crippen molar-refractivity contribution in [3.63, 3.8) is 0 Å². The minimum Gasteiger partial charge on any atom is -0.304 e. The molecule has 0 aliphatic carbocycles. The van der Waals surface area contributed by atoms with Gasteiger partial charge in [-0.25, -0.2) is 4.68 Å². The van der Waals surface area contributed by atoms with Gasteiger partial charge in [-0.05, 0) is 29.0 Å². The zero-order valence-electron chi connectivity index (χ0n) is 14.3. The van der Waals surface area contributed by atoms with Crippen molar-refractivity contribution in [1.29, 1.82) is 0 Å². The molecule has 2 aromatic rings. The second kappa shape index (κ2) is 7.19. The predicted octanol–water partition coefficient (Wildman–Crippen LogP) is 1.67. The lowest BCUT2D eigenvalue weighted by Crippen LogP contribution is -2.47. The van der Waals surface area contributed by atoms with Crippen LogP contribution in [0.4, 0.5) is 0 Å². The van der Waals surface area contributed by atoms with Crippen LogP contribution in [0.5, 0.6) is 0 Å². The van der Waals surface area contributed by atoms with E-state index in [0.717, 1.165) is 38.5 Å². The molecule has 124 valence electrons. The van der Waals surface area contributed by atoms with Crippen LogP contribution in [0.15, 0.2) is 30.3 Å². The first-order valence-electron chi connectivity index (χ1n) is 8.37. The number of benzene rings is 1. The molecular weight excluding hydrogens is 288 g/mol. The van der Waals surface area contributed by atoms with Gasteiger partial charge in [0.05, 0.1) is 12.6 Å². The van der Waals surface area contributed by atoms with Crippen LogP contribution in [0.1, 0.15) is 31.3 Å². The summed E-state index contributed by atoms with van der Waals surface area (Å²) < 4.78 is 1.96. The lowest BCUT2D eigenvalue weighted by molar-refractivity contribution is 0.0812. The monoisotopic (exact) mass is 314 g/mol. The first-order chi connectivity index (χ1) is 11.1. The van der Waals surface area contributed by atoms with Gasteiger partial charge in [0.15, 0.2) is 5.82 Å². The van der Waals surface area contributed by atoms with Crippen LogP contribution in [0.2, 0.25) is 0 Å². The predicted molar refractivity (Wildman–Crippen MR) is 90.0 cm³/mol. The molecule has 0 N–H and O–H groups in total. The van der Waals surface area contributed by atoms with E-state index in [2.05, 4.69) is 70.5 Å². The minimum absolute atomic E-state index is 0.266. The van der Waals surface area contributed by atoms with Crippen LogP contribution in [0.25, 0.3) is 0 Å². The van der Waals surface area contributed by atoms with E-state index < -0.39 is 0 Å². The minimum atomic E-state index is 0.266. The van der Waals surface area contributed by atoms with Crippen LogP contribution in [-0.2, 0) is 6.54 Å². The fraction of sp³-hybridized carbons (Fsp3) is 0.588. The standard InChI is InChI=1S/C17H26N6/c1-14(2)16(22-11-9-21(3)10-12-22)17-18-19-20-23(17)13-15-7-5-4-6-8-15/h4-8,14,16H,9-13H2,1-3H3. The third-order valence-corrected chi connectivity index (χ3v) is 4.56. The van der Waals surface area contributed by atoms with Gasteiger partial charge >= 0.3 is 0 Å². The van der Waals surface area contributed by atoms with E-state index in [0.29, 0.717) is 5.92 Å². The molecule has 1 saturated heterocycles. The van der Waals surface area contributed by atoms with Crippen molar-refractivity contribution < 1.29 is 0 Å². The topological polar surface area (TPSA) is 50.1 Å². The summed E-state index contributed by atoms with van der Waals surface area (Å²) >= 11 is 0. The number of hydrogen-bond donors (Lipinski definition) is 0. The Morgan fingerprint density at radius 2 is 1.74 bits per heavy atom. The van der Waals surface area contributed by atoms with Gasteiger partial charge in [-0.2, -0.15) is 0 Å². The SMILES string of the molecule is CC(C)C(c1nnnn1Cc1ccccc1)N1CCN(C)CC1. The van der Waals surface area contributed by atoms with E-state index in [1.165, 1.54) is 5.56 Å². The van der Waals surface area contributed by atoms with Crippen LogP contribution in [0.3, 0.4) is 0 Å². The van der Waals surface area contributed by atoms with E-state index in [1.54, 1.807) is 0 Å². The molecule has 1 aromatic carbocycles. The molecular formula is C17H26N6. The van der Waals surface area contributed by atoms with E-state index in [1.807, 2.05) is 10.7 Å². The number of tetrazole rings is 1. The molecule has 1 aliphatic heterocycles. The number of aromatic nitrogens is 4. The molecule has 2 heterocycles. The summed E-state index contributed by atoms with van der Waals surface area (Å²) in [6, 6.07) is 10.6. The first-order valence-corrected chi connectivity index (χ1v) is 8.37. The molecule has 1 atom stereocenters. The molecule has 0 spiro atoms. The van der Waals surface area contributed by atoms with Gasteiger partial charge in [0.2, 0.25) is 0 Å². The van der Waals surface area contributed by atoms with Gasteiger partial charge in [-0.1, -0.05) is 44.2 Å². The maximum absolute atomic E-state index is 4.37. The second-order valence-corrected chi connectivity index (χ2v) is 6.71. The van der Waals surface area contributed by atoms with Crippen molar-refractivity contribution in [2.75, 3.05) is 33.2 Å². The third-order valence-electron chi connectivity index (χ3n) is 4.56. The van der Waals surface area contributed by atoms with E-state index in [9.17, 15) is 0 Å². The van der Waals surface area contributed by atoms with Crippen LogP contribution >= 0.6 is 0 Å². The summed E-state index contributed by atoms with van der Waals surface area (Å²) in [5.74, 6) is 1.45. The second-order valence-electron chi connectivity index (χ2n) is 6.71. The van der Waals surface area contributed by atoms with Gasteiger partial charge in [0, 0.05) is 26.2 Å². The summed E-state index contributed by atoms with van der Waals surface area (Å²) in [6.07, 6.45) is 0. The van der Waals surface area contributed by atoms with Gasteiger partial charge in [0.25, 0.3) is 0 Å². The Balaban J connectivity index is 1.82. The number of rotatable bonds is 5. The highest BCUT2D eigenvalue weighted by Crippen LogP contribution is 2.27. The largest absolute Gasteiger partial charge is 0.304 e. The molecule has 6 heteroatoms. The molecule has 0 amide bonds. The molecule has 3 rings (SSSR count). The van der Waals surface area contributed by atoms with Crippen molar-refractivity contribution >= 4 is 0 Å². The average molecular weight is 314 g/mol. The normalized spacial score (nSPS) is 18.4. The van der Waals surface area contributed by atoms with Crippen LogP contribution in [0, 0.1) is 5.92 Å². The Morgan fingerprint density at radius 3 is 2.39 bits per heavy atom. The Morgan fingerprint density at radius 1 is 1.04 bits per heavy atom. The molecule has 1 unspecified atom stereocenters. The highest BCUT2D eigenvalue weighted by Gasteiger charge is 2.30. The quantitative estimate of drug-likeness (QED) is 0.840. The lowest BCUT2D eigenvalue weighted by atomic mass is 10.0. The molecule has 23 heavy (non-hydrogen) atoms. The number of nitrogens with zero attached hydrogens (tertiary/aromatic N) is 6. The molecule has 1 aliphatic rings. The molecule has 1 aromatic heterocycles. The highest BCUT2D eigenvalue weighted by atomic mass is 15.6. The zero-order valence-corrected chi connectivity index (χ0v) is 14.3. The molecule has 0 radical (unpaired) electrons. The number of likely N-dealkylation sites (N-methyl/N-ethyl adjacent to an activating group) is 1. The van der Waals surface area contributed by atoms with Gasteiger partial charge in [0.1, 0.15) is 0 Å². The molecule has 0 saturated carbocycles. The fourth-order valence-electron chi connectivity index (χ4n) is 3.28.